The number of hydrogen-bond donors (Lipinski definition) is 2. The normalized spacial score (nSPS) is 15.1. The van der Waals surface area contributed by atoms with Gasteiger partial charge in [-0.25, -0.2) is 0 Å². The predicted octanol–water partition coefficient (Wildman–Crippen LogP) is 2.51. The summed E-state index contributed by atoms with van der Waals surface area (Å²) in [5.41, 5.74) is 0. The highest BCUT2D eigenvalue weighted by atomic mass is 35.5. The Morgan fingerprint density at radius 2 is 1.86 bits per heavy atom. The molecular formula is C17H21ClN2O2. The van der Waals surface area contributed by atoms with Crippen LogP contribution in [0.4, 0.5) is 0 Å². The Labute approximate surface area is 136 Å². The molecule has 0 unspecified atom stereocenters. The highest BCUT2D eigenvalue weighted by Gasteiger charge is 2.15. The minimum Gasteiger partial charge on any atom is -0.484 e. The number of carbonyl (C=O) groups is 1. The summed E-state index contributed by atoms with van der Waals surface area (Å²) < 4.78 is 5.59. The van der Waals surface area contributed by atoms with Crippen LogP contribution < -0.4 is 15.4 Å². The van der Waals surface area contributed by atoms with Crippen LogP contribution in [0.3, 0.4) is 0 Å². The SMILES string of the molecule is Cl.O=C(COc1ccc2ccccc2c1)NC1CCNCC1. The summed E-state index contributed by atoms with van der Waals surface area (Å²) in [6.45, 7) is 2.01. The second-order valence-corrected chi connectivity index (χ2v) is 5.39. The number of nitrogens with one attached hydrogen (secondary N) is 2. The molecule has 0 aromatic heterocycles. The van der Waals surface area contributed by atoms with Gasteiger partial charge in [-0.05, 0) is 48.8 Å². The Bertz CT molecular complexity index is 627. The van der Waals surface area contributed by atoms with Gasteiger partial charge in [0, 0.05) is 6.04 Å². The van der Waals surface area contributed by atoms with Crippen LogP contribution in [0.25, 0.3) is 10.8 Å². The first-order chi connectivity index (χ1) is 10.3. The van der Waals surface area contributed by atoms with Gasteiger partial charge < -0.3 is 15.4 Å². The van der Waals surface area contributed by atoms with E-state index in [4.69, 9.17) is 4.74 Å². The molecule has 22 heavy (non-hydrogen) atoms. The van der Waals surface area contributed by atoms with Crippen molar-refractivity contribution in [2.45, 2.75) is 18.9 Å². The summed E-state index contributed by atoms with van der Waals surface area (Å²) in [6, 6.07) is 14.3. The third-order valence-corrected chi connectivity index (χ3v) is 3.80. The number of benzene rings is 2. The van der Waals surface area contributed by atoms with Crippen LogP contribution in [0.2, 0.25) is 0 Å². The maximum atomic E-state index is 11.9. The molecule has 5 heteroatoms. The van der Waals surface area contributed by atoms with Gasteiger partial charge in [0.2, 0.25) is 0 Å². The number of halogens is 1. The van der Waals surface area contributed by atoms with Crippen molar-refractivity contribution in [3.05, 3.63) is 42.5 Å². The minimum absolute atomic E-state index is 0. The molecule has 3 rings (SSSR count). The van der Waals surface area contributed by atoms with Crippen molar-refractivity contribution in [3.8, 4) is 5.75 Å². The van der Waals surface area contributed by atoms with E-state index < -0.39 is 0 Å². The Balaban J connectivity index is 0.00000176. The molecule has 1 heterocycles. The summed E-state index contributed by atoms with van der Waals surface area (Å²) in [5.74, 6) is 0.684. The van der Waals surface area contributed by atoms with E-state index in [0.717, 1.165) is 37.1 Å². The molecule has 0 saturated carbocycles. The van der Waals surface area contributed by atoms with Crippen LogP contribution in [0.1, 0.15) is 12.8 Å². The maximum absolute atomic E-state index is 11.9. The highest BCUT2D eigenvalue weighted by molar-refractivity contribution is 5.85. The summed E-state index contributed by atoms with van der Waals surface area (Å²) in [4.78, 5) is 11.9. The Morgan fingerprint density at radius 1 is 1.14 bits per heavy atom. The lowest BCUT2D eigenvalue weighted by atomic mass is 10.1. The van der Waals surface area contributed by atoms with E-state index in [1.54, 1.807) is 0 Å². The van der Waals surface area contributed by atoms with Gasteiger partial charge in [0.1, 0.15) is 5.75 Å². The van der Waals surface area contributed by atoms with E-state index in [1.807, 2.05) is 36.4 Å². The highest BCUT2D eigenvalue weighted by Crippen LogP contribution is 2.20. The molecule has 1 amide bonds. The predicted molar refractivity (Wildman–Crippen MR) is 90.7 cm³/mol. The molecule has 1 saturated heterocycles. The van der Waals surface area contributed by atoms with Crippen LogP contribution in [0.15, 0.2) is 42.5 Å². The molecule has 0 aliphatic carbocycles. The monoisotopic (exact) mass is 320 g/mol. The van der Waals surface area contributed by atoms with E-state index >= 15 is 0 Å². The molecular weight excluding hydrogens is 300 g/mol. The van der Waals surface area contributed by atoms with Crippen molar-refractivity contribution in [2.24, 2.45) is 0 Å². The molecule has 2 aromatic rings. The van der Waals surface area contributed by atoms with Crippen molar-refractivity contribution in [1.29, 1.82) is 0 Å². The van der Waals surface area contributed by atoms with Gasteiger partial charge in [-0.15, -0.1) is 12.4 Å². The lowest BCUT2D eigenvalue weighted by Gasteiger charge is -2.23. The van der Waals surface area contributed by atoms with E-state index in [2.05, 4.69) is 16.7 Å². The quantitative estimate of drug-likeness (QED) is 0.910. The van der Waals surface area contributed by atoms with Crippen molar-refractivity contribution in [3.63, 3.8) is 0 Å². The molecule has 0 spiro atoms. The molecule has 1 aliphatic rings. The van der Waals surface area contributed by atoms with E-state index in [-0.39, 0.29) is 31.0 Å². The molecule has 2 N–H and O–H groups in total. The Hall–Kier alpha value is -1.78. The average Bonchev–Trinajstić information content (AvgIpc) is 2.54. The average molecular weight is 321 g/mol. The standard InChI is InChI=1S/C17H20N2O2.ClH/c20-17(19-15-7-9-18-10-8-15)12-21-16-6-5-13-3-1-2-4-14(13)11-16;/h1-6,11,15,18H,7-10,12H2,(H,19,20);1H. The fourth-order valence-corrected chi connectivity index (χ4v) is 2.64. The Kier molecular flexibility index (Phi) is 6.04. The van der Waals surface area contributed by atoms with Crippen LogP contribution >= 0.6 is 12.4 Å². The fourth-order valence-electron chi connectivity index (χ4n) is 2.64. The van der Waals surface area contributed by atoms with E-state index in [0.29, 0.717) is 0 Å². The molecule has 4 nitrogen and oxygen atoms in total. The summed E-state index contributed by atoms with van der Waals surface area (Å²) in [6.07, 6.45) is 1.98. The topological polar surface area (TPSA) is 50.4 Å². The first-order valence-electron chi connectivity index (χ1n) is 7.43. The third kappa shape index (κ3) is 4.36. The molecule has 2 aromatic carbocycles. The third-order valence-electron chi connectivity index (χ3n) is 3.80. The van der Waals surface area contributed by atoms with Gasteiger partial charge in [0.15, 0.2) is 6.61 Å². The zero-order valence-corrected chi connectivity index (χ0v) is 13.2. The number of rotatable bonds is 4. The second-order valence-electron chi connectivity index (χ2n) is 5.39. The lowest BCUT2D eigenvalue weighted by molar-refractivity contribution is -0.123. The summed E-state index contributed by atoms with van der Waals surface area (Å²) in [5, 5.41) is 8.59. The largest absolute Gasteiger partial charge is 0.484 e. The minimum atomic E-state index is -0.0462. The lowest BCUT2D eigenvalue weighted by Crippen LogP contribution is -2.44. The molecule has 0 bridgehead atoms. The molecule has 0 radical (unpaired) electrons. The molecule has 1 aliphatic heterocycles. The Morgan fingerprint density at radius 3 is 2.64 bits per heavy atom. The molecule has 118 valence electrons. The second kappa shape index (κ2) is 8.01. The smallest absolute Gasteiger partial charge is 0.258 e. The van der Waals surface area contributed by atoms with Crippen LogP contribution in [-0.4, -0.2) is 31.6 Å². The van der Waals surface area contributed by atoms with Crippen LogP contribution in [0.5, 0.6) is 5.75 Å². The van der Waals surface area contributed by atoms with Gasteiger partial charge in [0.05, 0.1) is 0 Å². The zero-order valence-electron chi connectivity index (χ0n) is 12.4. The molecule has 1 fully saturated rings. The van der Waals surface area contributed by atoms with E-state index in [1.165, 1.54) is 5.39 Å². The first-order valence-corrected chi connectivity index (χ1v) is 7.43. The summed E-state index contributed by atoms with van der Waals surface area (Å²) in [7, 11) is 0. The van der Waals surface area contributed by atoms with Crippen LogP contribution in [-0.2, 0) is 4.79 Å². The van der Waals surface area contributed by atoms with Crippen molar-refractivity contribution in [1.82, 2.24) is 10.6 Å². The first kappa shape index (κ1) is 16.6. The van der Waals surface area contributed by atoms with Crippen molar-refractivity contribution in [2.75, 3.05) is 19.7 Å². The van der Waals surface area contributed by atoms with Gasteiger partial charge in [-0.2, -0.15) is 0 Å². The van der Waals surface area contributed by atoms with Gasteiger partial charge >= 0.3 is 0 Å². The van der Waals surface area contributed by atoms with Gasteiger partial charge in [-0.3, -0.25) is 4.79 Å². The number of hydrogen-bond acceptors (Lipinski definition) is 3. The number of carbonyl (C=O) groups excluding carboxylic acids is 1. The van der Waals surface area contributed by atoms with Gasteiger partial charge in [0.25, 0.3) is 5.91 Å². The summed E-state index contributed by atoms with van der Waals surface area (Å²) >= 11 is 0. The van der Waals surface area contributed by atoms with Crippen molar-refractivity contribution < 1.29 is 9.53 Å². The fraction of sp³-hybridized carbons (Fsp3) is 0.353. The number of fused-ring (bicyclic) bond motifs is 1. The van der Waals surface area contributed by atoms with Crippen molar-refractivity contribution >= 4 is 29.1 Å². The van der Waals surface area contributed by atoms with E-state index in [9.17, 15) is 4.79 Å². The van der Waals surface area contributed by atoms with Crippen LogP contribution in [0, 0.1) is 0 Å². The maximum Gasteiger partial charge on any atom is 0.258 e. The van der Waals surface area contributed by atoms with Gasteiger partial charge in [-0.1, -0.05) is 30.3 Å². The number of ether oxygens (including phenoxy) is 1. The zero-order chi connectivity index (χ0) is 14.5. The number of amides is 1. The number of piperidine rings is 1. The molecule has 0 atom stereocenters.